The molecule has 1 amide bonds. The van der Waals surface area contributed by atoms with Gasteiger partial charge in [-0.1, -0.05) is 11.6 Å². The normalized spacial score (nSPS) is 11.1. The summed E-state index contributed by atoms with van der Waals surface area (Å²) in [6.07, 6.45) is 1.30. The predicted molar refractivity (Wildman–Crippen MR) is 81.5 cm³/mol. The van der Waals surface area contributed by atoms with Crippen molar-refractivity contribution in [2.75, 3.05) is 24.6 Å². The van der Waals surface area contributed by atoms with Crippen LogP contribution >= 0.6 is 11.6 Å². The molecular formula is C14H22ClN3O. The van der Waals surface area contributed by atoms with Crippen LogP contribution in [0.15, 0.2) is 18.2 Å². The summed E-state index contributed by atoms with van der Waals surface area (Å²) in [6.45, 7) is 5.16. The predicted octanol–water partition coefficient (Wildman–Crippen LogP) is 2.98. The fourth-order valence-electron chi connectivity index (χ4n) is 1.60. The lowest BCUT2D eigenvalue weighted by molar-refractivity contribution is -0.116. The average Bonchev–Trinajstić information content (AvgIpc) is 2.33. The molecule has 0 saturated carbocycles. The molecule has 0 spiro atoms. The fourth-order valence-corrected chi connectivity index (χ4v) is 1.77. The summed E-state index contributed by atoms with van der Waals surface area (Å²) in [6, 6.07) is 5.54. The van der Waals surface area contributed by atoms with Gasteiger partial charge in [0.15, 0.2) is 0 Å². The first-order valence-electron chi connectivity index (χ1n) is 6.45. The Kier molecular flexibility index (Phi) is 6.12. The van der Waals surface area contributed by atoms with Crippen LogP contribution in [-0.4, -0.2) is 30.4 Å². The zero-order valence-corrected chi connectivity index (χ0v) is 12.5. The van der Waals surface area contributed by atoms with Crippen LogP contribution < -0.4 is 11.1 Å². The summed E-state index contributed by atoms with van der Waals surface area (Å²) in [4.78, 5) is 14.0. The Hall–Kier alpha value is -1.26. The zero-order chi connectivity index (χ0) is 14.4. The molecule has 4 nitrogen and oxygen atoms in total. The highest BCUT2D eigenvalue weighted by molar-refractivity contribution is 6.31. The van der Waals surface area contributed by atoms with Gasteiger partial charge in [0.1, 0.15) is 0 Å². The number of anilines is 2. The number of nitrogens with two attached hydrogens (primary N) is 1. The Labute approximate surface area is 119 Å². The van der Waals surface area contributed by atoms with Crippen molar-refractivity contribution < 1.29 is 4.79 Å². The monoisotopic (exact) mass is 283 g/mol. The highest BCUT2D eigenvalue weighted by Crippen LogP contribution is 2.23. The summed E-state index contributed by atoms with van der Waals surface area (Å²) in [5, 5.41) is 3.35. The molecular weight excluding hydrogens is 262 g/mol. The molecule has 0 atom stereocenters. The second-order valence-electron chi connectivity index (χ2n) is 4.96. The van der Waals surface area contributed by atoms with Crippen LogP contribution in [0.4, 0.5) is 11.4 Å². The second-order valence-corrected chi connectivity index (χ2v) is 5.39. The van der Waals surface area contributed by atoms with Gasteiger partial charge in [-0.2, -0.15) is 0 Å². The lowest BCUT2D eigenvalue weighted by Crippen LogP contribution is -2.28. The molecule has 1 aromatic carbocycles. The van der Waals surface area contributed by atoms with Crippen molar-refractivity contribution in [2.45, 2.75) is 32.7 Å². The molecule has 19 heavy (non-hydrogen) atoms. The topological polar surface area (TPSA) is 58.4 Å². The second kappa shape index (κ2) is 7.36. The number of nitrogen functional groups attached to an aromatic ring is 1. The Morgan fingerprint density at radius 3 is 2.79 bits per heavy atom. The van der Waals surface area contributed by atoms with Gasteiger partial charge in [-0.05, 0) is 52.1 Å². The maximum absolute atomic E-state index is 11.8. The highest BCUT2D eigenvalue weighted by Gasteiger charge is 2.08. The Morgan fingerprint density at radius 1 is 1.47 bits per heavy atom. The van der Waals surface area contributed by atoms with Crippen LogP contribution in [0.1, 0.15) is 26.7 Å². The van der Waals surface area contributed by atoms with E-state index in [1.807, 2.05) is 0 Å². The van der Waals surface area contributed by atoms with E-state index in [1.165, 1.54) is 0 Å². The highest BCUT2D eigenvalue weighted by atomic mass is 35.5. The number of nitrogens with zero attached hydrogens (tertiary/aromatic N) is 1. The molecule has 0 heterocycles. The number of halogens is 1. The van der Waals surface area contributed by atoms with Crippen LogP contribution in [0, 0.1) is 0 Å². The maximum Gasteiger partial charge on any atom is 0.224 e. The number of hydrogen-bond acceptors (Lipinski definition) is 3. The van der Waals surface area contributed by atoms with Crippen LogP contribution in [0.25, 0.3) is 0 Å². The minimum atomic E-state index is -0.0360. The molecule has 0 bridgehead atoms. The molecule has 0 unspecified atom stereocenters. The van der Waals surface area contributed by atoms with E-state index >= 15 is 0 Å². The molecule has 3 N–H and O–H groups in total. The van der Waals surface area contributed by atoms with E-state index < -0.39 is 0 Å². The third kappa shape index (κ3) is 5.49. The van der Waals surface area contributed by atoms with E-state index in [1.54, 1.807) is 18.2 Å². The lowest BCUT2D eigenvalue weighted by atomic mass is 10.2. The van der Waals surface area contributed by atoms with E-state index in [9.17, 15) is 4.79 Å². The van der Waals surface area contributed by atoms with Crippen molar-refractivity contribution in [3.63, 3.8) is 0 Å². The van der Waals surface area contributed by atoms with E-state index in [4.69, 9.17) is 17.3 Å². The minimum Gasteiger partial charge on any atom is -0.397 e. The van der Waals surface area contributed by atoms with Crippen LogP contribution in [0.2, 0.25) is 5.02 Å². The Bertz CT molecular complexity index is 435. The largest absolute Gasteiger partial charge is 0.397 e. The maximum atomic E-state index is 11.8. The molecule has 1 rings (SSSR count). The summed E-state index contributed by atoms with van der Waals surface area (Å²) in [5.74, 6) is -0.0360. The number of rotatable bonds is 6. The molecule has 0 aliphatic rings. The SMILES string of the molecule is CC(C)N(C)CCCC(=O)Nc1cc(Cl)ccc1N. The number of nitrogens with one attached hydrogen (secondary N) is 1. The van der Waals surface area contributed by atoms with Gasteiger partial charge in [0.25, 0.3) is 0 Å². The van der Waals surface area contributed by atoms with Crippen LogP contribution in [0.5, 0.6) is 0 Å². The Balaban J connectivity index is 2.41. The van der Waals surface area contributed by atoms with E-state index in [0.717, 1.165) is 13.0 Å². The van der Waals surface area contributed by atoms with Gasteiger partial charge in [0.2, 0.25) is 5.91 Å². The van der Waals surface area contributed by atoms with Gasteiger partial charge in [-0.3, -0.25) is 4.79 Å². The van der Waals surface area contributed by atoms with Gasteiger partial charge in [-0.15, -0.1) is 0 Å². The number of benzene rings is 1. The first-order chi connectivity index (χ1) is 8.90. The minimum absolute atomic E-state index is 0.0360. The smallest absolute Gasteiger partial charge is 0.224 e. The number of carbonyl (C=O) groups is 1. The molecule has 106 valence electrons. The average molecular weight is 284 g/mol. The van der Waals surface area contributed by atoms with Gasteiger partial charge in [0.05, 0.1) is 11.4 Å². The van der Waals surface area contributed by atoms with Crippen molar-refractivity contribution in [3.8, 4) is 0 Å². The molecule has 0 saturated heterocycles. The van der Waals surface area contributed by atoms with E-state index in [-0.39, 0.29) is 5.91 Å². The summed E-state index contributed by atoms with van der Waals surface area (Å²) >= 11 is 5.87. The molecule has 0 fully saturated rings. The summed E-state index contributed by atoms with van der Waals surface area (Å²) in [7, 11) is 2.05. The van der Waals surface area contributed by atoms with E-state index in [2.05, 4.69) is 31.1 Å². The standard InChI is InChI=1S/C14H22ClN3O/c1-10(2)18(3)8-4-5-14(19)17-13-9-11(15)6-7-12(13)16/h6-7,9-10H,4-5,8,16H2,1-3H3,(H,17,19). The third-order valence-electron chi connectivity index (χ3n) is 3.09. The van der Waals surface area contributed by atoms with E-state index in [0.29, 0.717) is 28.9 Å². The molecule has 0 aromatic heterocycles. The third-order valence-corrected chi connectivity index (χ3v) is 3.32. The fraction of sp³-hybridized carbons (Fsp3) is 0.500. The summed E-state index contributed by atoms with van der Waals surface area (Å²) < 4.78 is 0. The van der Waals surface area contributed by atoms with Gasteiger partial charge in [0, 0.05) is 17.5 Å². The van der Waals surface area contributed by atoms with Gasteiger partial charge >= 0.3 is 0 Å². The summed E-state index contributed by atoms with van der Waals surface area (Å²) in [5.41, 5.74) is 6.88. The molecule has 0 aliphatic carbocycles. The Morgan fingerprint density at radius 2 is 2.16 bits per heavy atom. The van der Waals surface area contributed by atoms with Crippen LogP contribution in [-0.2, 0) is 4.79 Å². The van der Waals surface area contributed by atoms with Gasteiger partial charge in [-0.25, -0.2) is 0 Å². The molecule has 0 radical (unpaired) electrons. The van der Waals surface area contributed by atoms with Crippen molar-refractivity contribution in [1.82, 2.24) is 4.90 Å². The number of amides is 1. The van der Waals surface area contributed by atoms with Crippen molar-refractivity contribution in [3.05, 3.63) is 23.2 Å². The van der Waals surface area contributed by atoms with Crippen molar-refractivity contribution in [2.24, 2.45) is 0 Å². The number of carbonyl (C=O) groups excluding carboxylic acids is 1. The quantitative estimate of drug-likeness (QED) is 0.789. The molecule has 0 aliphatic heterocycles. The first-order valence-corrected chi connectivity index (χ1v) is 6.83. The number of hydrogen-bond donors (Lipinski definition) is 2. The van der Waals surface area contributed by atoms with Crippen molar-refractivity contribution >= 4 is 28.9 Å². The zero-order valence-electron chi connectivity index (χ0n) is 11.7. The van der Waals surface area contributed by atoms with Crippen molar-refractivity contribution in [1.29, 1.82) is 0 Å². The first kappa shape index (κ1) is 15.8. The van der Waals surface area contributed by atoms with Gasteiger partial charge < -0.3 is 16.0 Å². The molecule has 5 heteroatoms. The van der Waals surface area contributed by atoms with Crippen LogP contribution in [0.3, 0.4) is 0 Å². The lowest BCUT2D eigenvalue weighted by Gasteiger charge is -2.20. The molecule has 1 aromatic rings.